The zero-order valence-corrected chi connectivity index (χ0v) is 17.9. The van der Waals surface area contributed by atoms with Crippen molar-refractivity contribution in [2.45, 2.75) is 13.1 Å². The quantitative estimate of drug-likeness (QED) is 0.418. The molecule has 0 spiro atoms. The first-order chi connectivity index (χ1) is 16.0. The summed E-state index contributed by atoms with van der Waals surface area (Å²) in [7, 11) is 1.55. The molecular weight excluding hydrogens is 429 g/mol. The van der Waals surface area contributed by atoms with E-state index in [1.165, 1.54) is 27.8 Å². The Balaban J connectivity index is 1.34. The minimum atomic E-state index is -0.383. The molecule has 0 aliphatic heterocycles. The molecule has 0 saturated carbocycles. The highest BCUT2D eigenvalue weighted by atomic mass is 19.1. The van der Waals surface area contributed by atoms with Gasteiger partial charge in [0.2, 0.25) is 0 Å². The number of nitrogens with one attached hydrogen (secondary N) is 1. The normalized spacial score (nSPS) is 10.8. The van der Waals surface area contributed by atoms with Crippen molar-refractivity contribution < 1.29 is 18.7 Å². The number of hydrogen-bond donors (Lipinski definition) is 1. The fourth-order valence-corrected chi connectivity index (χ4v) is 3.28. The lowest BCUT2D eigenvalue weighted by molar-refractivity contribution is -0.123. The van der Waals surface area contributed by atoms with Gasteiger partial charge in [-0.1, -0.05) is 24.3 Å². The van der Waals surface area contributed by atoms with Gasteiger partial charge in [0.1, 0.15) is 29.0 Å². The third kappa shape index (κ3) is 5.17. The van der Waals surface area contributed by atoms with Crippen LogP contribution in [-0.2, 0) is 17.9 Å². The number of benzene rings is 2. The predicted molar refractivity (Wildman–Crippen MR) is 119 cm³/mol. The van der Waals surface area contributed by atoms with Crippen LogP contribution in [0.15, 0.2) is 65.8 Å². The molecule has 4 aromatic rings. The largest absolute Gasteiger partial charge is 0.497 e. The number of aromatic nitrogens is 4. The summed E-state index contributed by atoms with van der Waals surface area (Å²) in [5, 5.41) is 7.26. The second kappa shape index (κ2) is 9.94. The third-order valence-corrected chi connectivity index (χ3v) is 4.98. The number of nitrogens with zero attached hydrogens (tertiary/aromatic N) is 4. The predicted octanol–water partition coefficient (Wildman–Crippen LogP) is 1.98. The average Bonchev–Trinajstić information content (AvgIpc) is 3.24. The van der Waals surface area contributed by atoms with Crippen molar-refractivity contribution in [3.8, 4) is 11.5 Å². The van der Waals surface area contributed by atoms with Gasteiger partial charge in [0.05, 0.1) is 26.4 Å². The van der Waals surface area contributed by atoms with Crippen molar-refractivity contribution in [1.29, 1.82) is 0 Å². The topological polar surface area (TPSA) is 100 Å². The van der Waals surface area contributed by atoms with E-state index in [4.69, 9.17) is 9.47 Å². The van der Waals surface area contributed by atoms with Gasteiger partial charge in [0, 0.05) is 18.2 Å². The lowest BCUT2D eigenvalue weighted by atomic mass is 10.2. The summed E-state index contributed by atoms with van der Waals surface area (Å²) in [5.74, 6) is 0.484. The number of fused-ring (bicyclic) bond motifs is 1. The molecular formula is C23H22FN5O4. The summed E-state index contributed by atoms with van der Waals surface area (Å²) in [5.41, 5.74) is 0.476. The van der Waals surface area contributed by atoms with E-state index in [1.54, 1.807) is 49.6 Å². The second-order valence-corrected chi connectivity index (χ2v) is 7.19. The van der Waals surface area contributed by atoms with Gasteiger partial charge < -0.3 is 14.8 Å². The summed E-state index contributed by atoms with van der Waals surface area (Å²) in [6.45, 7) is 0.518. The van der Waals surface area contributed by atoms with Crippen LogP contribution >= 0.6 is 0 Å². The molecule has 0 radical (unpaired) electrons. The molecule has 0 atom stereocenters. The fourth-order valence-electron chi connectivity index (χ4n) is 3.28. The Bertz CT molecular complexity index is 1330. The van der Waals surface area contributed by atoms with E-state index >= 15 is 0 Å². The van der Waals surface area contributed by atoms with Crippen LogP contribution in [0.2, 0.25) is 0 Å². The van der Waals surface area contributed by atoms with Gasteiger partial charge >= 0.3 is 0 Å². The van der Waals surface area contributed by atoms with Gasteiger partial charge in [0.15, 0.2) is 12.3 Å². The molecule has 9 nitrogen and oxygen atoms in total. The number of hydrogen-bond acceptors (Lipinski definition) is 6. The maximum absolute atomic E-state index is 13.9. The van der Waals surface area contributed by atoms with E-state index in [1.807, 2.05) is 0 Å². The van der Waals surface area contributed by atoms with Crippen molar-refractivity contribution in [3.63, 3.8) is 0 Å². The van der Waals surface area contributed by atoms with Gasteiger partial charge in [-0.05, 0) is 18.2 Å². The number of ether oxygens (including phenoxy) is 2. The number of halogens is 1. The molecule has 170 valence electrons. The first-order valence-corrected chi connectivity index (χ1v) is 10.2. The molecule has 10 heteroatoms. The molecule has 0 saturated heterocycles. The van der Waals surface area contributed by atoms with Crippen LogP contribution in [0.4, 0.5) is 4.39 Å². The molecule has 0 aliphatic rings. The highest BCUT2D eigenvalue weighted by Crippen LogP contribution is 2.18. The van der Waals surface area contributed by atoms with E-state index in [0.717, 1.165) is 0 Å². The Morgan fingerprint density at radius 3 is 2.79 bits per heavy atom. The molecule has 33 heavy (non-hydrogen) atoms. The molecule has 4 rings (SSSR count). The summed E-state index contributed by atoms with van der Waals surface area (Å²) in [6, 6.07) is 13.2. The first-order valence-electron chi connectivity index (χ1n) is 10.2. The number of amides is 1. The lowest BCUT2D eigenvalue weighted by Crippen LogP contribution is -2.31. The molecule has 2 heterocycles. The highest BCUT2D eigenvalue weighted by molar-refractivity contribution is 5.77. The third-order valence-electron chi connectivity index (χ3n) is 4.98. The van der Waals surface area contributed by atoms with Gasteiger partial charge in [-0.3, -0.25) is 14.2 Å². The first kappa shape index (κ1) is 22.0. The summed E-state index contributed by atoms with van der Waals surface area (Å²) < 4.78 is 27.4. The number of rotatable bonds is 9. The Kier molecular flexibility index (Phi) is 6.63. The van der Waals surface area contributed by atoms with Crippen LogP contribution in [-0.4, -0.2) is 45.5 Å². The van der Waals surface area contributed by atoms with Crippen LogP contribution in [0.1, 0.15) is 5.56 Å². The Labute approximate surface area is 188 Å². The van der Waals surface area contributed by atoms with Crippen molar-refractivity contribution in [2.24, 2.45) is 0 Å². The van der Waals surface area contributed by atoms with Crippen LogP contribution < -0.4 is 20.3 Å². The number of carbonyl (C=O) groups is 1. The number of methoxy groups -OCH3 is 1. The fraction of sp³-hybridized carbons (Fsp3) is 0.217. The standard InChI is InChI=1S/C23H22FN5O4/c1-32-17-6-4-7-18(11-17)33-14-21(30)25-9-10-29-22-19(12-27-29)23(31)28(15-26-22)13-16-5-2-3-8-20(16)24/h2-8,11-12,15H,9-10,13-14H2,1H3,(H,25,30). The summed E-state index contributed by atoms with van der Waals surface area (Å²) >= 11 is 0. The highest BCUT2D eigenvalue weighted by Gasteiger charge is 2.12. The molecule has 1 amide bonds. The molecule has 0 unspecified atom stereocenters. The zero-order chi connectivity index (χ0) is 23.2. The Hall–Kier alpha value is -4.21. The van der Waals surface area contributed by atoms with Crippen molar-refractivity contribution in [3.05, 3.63) is 82.8 Å². The molecule has 0 bridgehead atoms. The maximum atomic E-state index is 13.9. The van der Waals surface area contributed by atoms with Crippen LogP contribution in [0.3, 0.4) is 0 Å². The molecule has 0 fully saturated rings. The van der Waals surface area contributed by atoms with E-state index in [9.17, 15) is 14.0 Å². The summed E-state index contributed by atoms with van der Waals surface area (Å²) in [6.07, 6.45) is 2.80. The minimum absolute atomic E-state index is 0.0724. The van der Waals surface area contributed by atoms with Crippen LogP contribution in [0.5, 0.6) is 11.5 Å². The van der Waals surface area contributed by atoms with Crippen molar-refractivity contribution in [1.82, 2.24) is 24.6 Å². The smallest absolute Gasteiger partial charge is 0.264 e. The summed E-state index contributed by atoms with van der Waals surface area (Å²) in [4.78, 5) is 29.1. The maximum Gasteiger partial charge on any atom is 0.264 e. The van der Waals surface area contributed by atoms with Crippen molar-refractivity contribution >= 4 is 16.9 Å². The molecule has 0 aliphatic carbocycles. The van der Waals surface area contributed by atoms with E-state index in [-0.39, 0.29) is 37.0 Å². The second-order valence-electron chi connectivity index (χ2n) is 7.19. The molecule has 1 N–H and O–H groups in total. The van der Waals surface area contributed by atoms with E-state index in [0.29, 0.717) is 34.6 Å². The van der Waals surface area contributed by atoms with Gasteiger partial charge in [-0.15, -0.1) is 0 Å². The average molecular weight is 451 g/mol. The van der Waals surface area contributed by atoms with E-state index < -0.39 is 0 Å². The van der Waals surface area contributed by atoms with E-state index in [2.05, 4.69) is 15.4 Å². The lowest BCUT2D eigenvalue weighted by Gasteiger charge is -2.09. The minimum Gasteiger partial charge on any atom is -0.497 e. The monoisotopic (exact) mass is 451 g/mol. The Morgan fingerprint density at radius 2 is 1.97 bits per heavy atom. The van der Waals surface area contributed by atoms with Crippen molar-refractivity contribution in [2.75, 3.05) is 20.3 Å². The van der Waals surface area contributed by atoms with Gasteiger partial charge in [-0.2, -0.15) is 5.10 Å². The molecule has 2 aromatic carbocycles. The SMILES string of the molecule is COc1cccc(OCC(=O)NCCn2ncc3c(=O)n(Cc4ccccc4F)cnc32)c1. The Morgan fingerprint density at radius 1 is 1.15 bits per heavy atom. The molecule has 2 aromatic heterocycles. The number of carbonyl (C=O) groups excluding carboxylic acids is 1. The van der Waals surface area contributed by atoms with Gasteiger partial charge in [-0.25, -0.2) is 14.1 Å². The van der Waals surface area contributed by atoms with Gasteiger partial charge in [0.25, 0.3) is 11.5 Å². The van der Waals surface area contributed by atoms with Crippen LogP contribution in [0, 0.1) is 5.82 Å². The van der Waals surface area contributed by atoms with Crippen LogP contribution in [0.25, 0.3) is 11.0 Å². The zero-order valence-electron chi connectivity index (χ0n) is 17.9.